The van der Waals surface area contributed by atoms with Gasteiger partial charge in [0.25, 0.3) is 0 Å². The lowest BCUT2D eigenvalue weighted by molar-refractivity contribution is -0.127. The molecule has 1 saturated heterocycles. The number of nitrogens with zero attached hydrogens (tertiary/aromatic N) is 1. The minimum Gasteiger partial charge on any atom is -0.490 e. The molecular weight excluding hydrogens is 431 g/mol. The molecule has 3 rings (SSSR count). The van der Waals surface area contributed by atoms with Gasteiger partial charge in [0, 0.05) is 23.0 Å². The number of nitrogens with one attached hydrogen (secondary N) is 1. The molecule has 1 heterocycles. The van der Waals surface area contributed by atoms with Gasteiger partial charge in [-0.15, -0.1) is 0 Å². The van der Waals surface area contributed by atoms with Crippen molar-refractivity contribution >= 4 is 17.5 Å². The number of carbonyl (C=O) groups excluding carboxylic acids is 1. The van der Waals surface area contributed by atoms with Crippen molar-refractivity contribution in [1.82, 2.24) is 10.2 Å². The minimum absolute atomic E-state index is 0.0437. The molecule has 1 N–H and O–H groups in total. The molecule has 0 saturated carbocycles. The van der Waals surface area contributed by atoms with E-state index in [1.807, 2.05) is 39.0 Å². The Bertz CT molecular complexity index is 916. The first-order chi connectivity index (χ1) is 15.4. The van der Waals surface area contributed by atoms with Crippen molar-refractivity contribution < 1.29 is 18.7 Å². The number of likely N-dealkylation sites (tertiary alicyclic amines) is 1. The molecule has 2 aromatic carbocycles. The second-order valence-electron chi connectivity index (χ2n) is 8.09. The summed E-state index contributed by atoms with van der Waals surface area (Å²) in [6.07, 6.45) is 1.50. The summed E-state index contributed by atoms with van der Waals surface area (Å²) in [5.41, 5.74) is 1.60. The molecular formula is C25H32ClFN2O3. The van der Waals surface area contributed by atoms with Crippen LogP contribution < -0.4 is 14.8 Å². The van der Waals surface area contributed by atoms with Gasteiger partial charge in [-0.3, -0.25) is 9.69 Å². The van der Waals surface area contributed by atoms with Crippen LogP contribution in [0.3, 0.4) is 0 Å². The third-order valence-electron chi connectivity index (χ3n) is 5.79. The lowest BCUT2D eigenvalue weighted by atomic mass is 9.94. The minimum atomic E-state index is -0.284. The molecule has 0 spiro atoms. The van der Waals surface area contributed by atoms with E-state index in [2.05, 4.69) is 10.2 Å². The van der Waals surface area contributed by atoms with Crippen LogP contribution in [-0.2, 0) is 11.3 Å². The first kappa shape index (κ1) is 24.3. The molecule has 7 heteroatoms. The number of piperidine rings is 1. The number of halogens is 2. The standard InChI is InChI=1S/C25H32ClFN2O3/c1-4-31-23-9-7-19(14-24(23)32-5-2)17(3)28-25(30)18-10-12-29(13-11-18)16-20-6-8-21(26)15-22(20)27/h6-9,14-15,17-18H,4-5,10-13,16H2,1-3H3,(H,28,30)/t17-/m0/s1. The molecule has 1 aliphatic rings. The van der Waals surface area contributed by atoms with Crippen LogP contribution in [0.2, 0.25) is 5.02 Å². The van der Waals surface area contributed by atoms with Gasteiger partial charge in [0.15, 0.2) is 11.5 Å². The Kier molecular flexibility index (Phi) is 8.76. The Hall–Kier alpha value is -2.31. The predicted octanol–water partition coefficient (Wildman–Crippen LogP) is 5.37. The maximum absolute atomic E-state index is 14.1. The van der Waals surface area contributed by atoms with Crippen LogP contribution in [-0.4, -0.2) is 37.1 Å². The largest absolute Gasteiger partial charge is 0.490 e. The van der Waals surface area contributed by atoms with E-state index in [0.717, 1.165) is 31.5 Å². The number of rotatable bonds is 9. The van der Waals surface area contributed by atoms with Crippen LogP contribution in [0.25, 0.3) is 0 Å². The highest BCUT2D eigenvalue weighted by Crippen LogP contribution is 2.31. The second kappa shape index (κ2) is 11.5. The number of benzene rings is 2. The van der Waals surface area contributed by atoms with Crippen molar-refractivity contribution in [2.24, 2.45) is 5.92 Å². The summed E-state index contributed by atoms with van der Waals surface area (Å²) < 4.78 is 25.4. The number of ether oxygens (including phenoxy) is 2. The Labute approximate surface area is 194 Å². The third kappa shape index (κ3) is 6.36. The zero-order valence-electron chi connectivity index (χ0n) is 19.0. The summed E-state index contributed by atoms with van der Waals surface area (Å²) in [5, 5.41) is 3.54. The monoisotopic (exact) mass is 462 g/mol. The van der Waals surface area contributed by atoms with Gasteiger partial charge in [0.2, 0.25) is 5.91 Å². The average molecular weight is 463 g/mol. The first-order valence-electron chi connectivity index (χ1n) is 11.3. The fourth-order valence-corrected chi connectivity index (χ4v) is 4.15. The van der Waals surface area contributed by atoms with Gasteiger partial charge in [-0.05, 0) is 76.5 Å². The molecule has 1 fully saturated rings. The topological polar surface area (TPSA) is 50.8 Å². The van der Waals surface area contributed by atoms with Crippen LogP contribution in [0.1, 0.15) is 50.8 Å². The molecule has 5 nitrogen and oxygen atoms in total. The lowest BCUT2D eigenvalue weighted by Gasteiger charge is -2.32. The molecule has 0 radical (unpaired) electrons. The summed E-state index contributed by atoms with van der Waals surface area (Å²) in [6, 6.07) is 10.4. The first-order valence-corrected chi connectivity index (χ1v) is 11.6. The summed E-state index contributed by atoms with van der Waals surface area (Å²) in [4.78, 5) is 15.0. The normalized spacial score (nSPS) is 15.9. The maximum Gasteiger partial charge on any atom is 0.223 e. The summed E-state index contributed by atoms with van der Waals surface area (Å²) in [7, 11) is 0. The van der Waals surface area contributed by atoms with Crippen LogP contribution >= 0.6 is 11.6 Å². The number of amides is 1. The molecule has 2 aromatic rings. The molecule has 1 amide bonds. The highest BCUT2D eigenvalue weighted by atomic mass is 35.5. The maximum atomic E-state index is 14.1. The van der Waals surface area contributed by atoms with Gasteiger partial charge >= 0.3 is 0 Å². The van der Waals surface area contributed by atoms with Crippen molar-refractivity contribution in [3.05, 3.63) is 58.4 Å². The van der Waals surface area contributed by atoms with E-state index in [-0.39, 0.29) is 23.7 Å². The van der Waals surface area contributed by atoms with Crippen molar-refractivity contribution in [2.45, 2.75) is 46.2 Å². The van der Waals surface area contributed by atoms with E-state index in [1.54, 1.807) is 12.1 Å². The fraction of sp³-hybridized carbons (Fsp3) is 0.480. The quantitative estimate of drug-likeness (QED) is 0.544. The summed E-state index contributed by atoms with van der Waals surface area (Å²) in [5.74, 6) is 1.13. The van der Waals surface area contributed by atoms with Crippen LogP contribution in [0.4, 0.5) is 4.39 Å². The van der Waals surface area contributed by atoms with E-state index in [4.69, 9.17) is 21.1 Å². The van der Waals surface area contributed by atoms with Crippen molar-refractivity contribution in [1.29, 1.82) is 0 Å². The van der Waals surface area contributed by atoms with Crippen molar-refractivity contribution in [2.75, 3.05) is 26.3 Å². The van der Waals surface area contributed by atoms with Crippen LogP contribution in [0.5, 0.6) is 11.5 Å². The smallest absolute Gasteiger partial charge is 0.223 e. The Morgan fingerprint density at radius 1 is 1.12 bits per heavy atom. The zero-order valence-corrected chi connectivity index (χ0v) is 19.8. The van der Waals surface area contributed by atoms with Gasteiger partial charge in [-0.25, -0.2) is 4.39 Å². The molecule has 1 aliphatic heterocycles. The molecule has 174 valence electrons. The molecule has 0 aromatic heterocycles. The van der Waals surface area contributed by atoms with Gasteiger partial charge < -0.3 is 14.8 Å². The third-order valence-corrected chi connectivity index (χ3v) is 6.03. The molecule has 1 atom stereocenters. The number of hydrogen-bond donors (Lipinski definition) is 1. The van der Waals surface area contributed by atoms with Gasteiger partial charge in [-0.2, -0.15) is 0 Å². The zero-order chi connectivity index (χ0) is 23.1. The summed E-state index contributed by atoms with van der Waals surface area (Å²) in [6.45, 7) is 8.99. The number of hydrogen-bond acceptors (Lipinski definition) is 4. The highest BCUT2D eigenvalue weighted by molar-refractivity contribution is 6.30. The van der Waals surface area contributed by atoms with E-state index >= 15 is 0 Å². The van der Waals surface area contributed by atoms with Gasteiger partial charge in [0.1, 0.15) is 5.82 Å². The SMILES string of the molecule is CCOc1ccc([C@H](C)NC(=O)C2CCN(Cc3ccc(Cl)cc3F)CC2)cc1OCC. The Morgan fingerprint density at radius 2 is 1.81 bits per heavy atom. The second-order valence-corrected chi connectivity index (χ2v) is 8.53. The fourth-order valence-electron chi connectivity index (χ4n) is 4.00. The molecule has 32 heavy (non-hydrogen) atoms. The van der Waals surface area contributed by atoms with E-state index in [1.165, 1.54) is 6.07 Å². The molecule has 0 bridgehead atoms. The van der Waals surface area contributed by atoms with Gasteiger partial charge in [-0.1, -0.05) is 23.7 Å². The number of carbonyl (C=O) groups is 1. The van der Waals surface area contributed by atoms with E-state index < -0.39 is 0 Å². The van der Waals surface area contributed by atoms with Gasteiger partial charge in [0.05, 0.1) is 19.3 Å². The Morgan fingerprint density at radius 3 is 2.47 bits per heavy atom. The Balaban J connectivity index is 1.53. The summed E-state index contributed by atoms with van der Waals surface area (Å²) >= 11 is 5.83. The van der Waals surface area contributed by atoms with Crippen LogP contribution in [0, 0.1) is 11.7 Å². The van der Waals surface area contributed by atoms with E-state index in [9.17, 15) is 9.18 Å². The van der Waals surface area contributed by atoms with Crippen LogP contribution in [0.15, 0.2) is 36.4 Å². The van der Waals surface area contributed by atoms with Crippen molar-refractivity contribution in [3.63, 3.8) is 0 Å². The lowest BCUT2D eigenvalue weighted by Crippen LogP contribution is -2.41. The van der Waals surface area contributed by atoms with Crippen molar-refractivity contribution in [3.8, 4) is 11.5 Å². The highest BCUT2D eigenvalue weighted by Gasteiger charge is 2.26. The van der Waals surface area contributed by atoms with E-state index in [0.29, 0.717) is 41.8 Å². The average Bonchev–Trinajstić information content (AvgIpc) is 2.77. The molecule has 0 aliphatic carbocycles. The predicted molar refractivity (Wildman–Crippen MR) is 125 cm³/mol. The molecule has 0 unspecified atom stereocenters.